The van der Waals surface area contributed by atoms with Gasteiger partial charge in [-0.1, -0.05) is 30.3 Å². The Bertz CT molecular complexity index is 609. The first-order chi connectivity index (χ1) is 10.8. The second-order valence-corrected chi connectivity index (χ2v) is 5.77. The topological polar surface area (TPSA) is 44.7 Å². The number of fused-ring (bicyclic) bond motifs is 1. The Morgan fingerprint density at radius 1 is 1.05 bits per heavy atom. The molecule has 0 radical (unpaired) electrons. The Balaban J connectivity index is 1.48. The molecule has 1 heterocycles. The van der Waals surface area contributed by atoms with Gasteiger partial charge in [-0.3, -0.25) is 4.90 Å². The van der Waals surface area contributed by atoms with Gasteiger partial charge < -0.3 is 15.2 Å². The molecule has 2 N–H and O–H groups in total. The van der Waals surface area contributed by atoms with Gasteiger partial charge in [-0.05, 0) is 36.5 Å². The van der Waals surface area contributed by atoms with E-state index in [1.165, 1.54) is 5.56 Å². The largest absolute Gasteiger partial charge is 0.507 e. The highest BCUT2D eigenvalue weighted by Crippen LogP contribution is 2.27. The van der Waals surface area contributed by atoms with E-state index in [9.17, 15) is 5.11 Å². The fraction of sp³-hybridized carbons (Fsp3) is 0.444. The lowest BCUT2D eigenvalue weighted by Gasteiger charge is -2.26. The second kappa shape index (κ2) is 7.58. The van der Waals surface area contributed by atoms with Crippen molar-refractivity contribution in [1.82, 2.24) is 10.2 Å². The number of ether oxygens (including phenoxy) is 1. The lowest BCUT2D eigenvalue weighted by Crippen LogP contribution is -2.37. The third kappa shape index (κ3) is 3.77. The van der Waals surface area contributed by atoms with E-state index >= 15 is 0 Å². The first kappa shape index (κ1) is 15.3. The van der Waals surface area contributed by atoms with E-state index in [1.54, 1.807) is 6.07 Å². The van der Waals surface area contributed by atoms with Crippen molar-refractivity contribution >= 4 is 10.8 Å². The van der Waals surface area contributed by atoms with Crippen molar-refractivity contribution in [2.24, 2.45) is 0 Å². The summed E-state index contributed by atoms with van der Waals surface area (Å²) in [6.45, 7) is 6.83. The highest BCUT2D eigenvalue weighted by atomic mass is 16.5. The molecule has 0 unspecified atom stereocenters. The molecule has 1 saturated heterocycles. The van der Waals surface area contributed by atoms with Crippen LogP contribution in [0.25, 0.3) is 10.8 Å². The Morgan fingerprint density at radius 2 is 1.82 bits per heavy atom. The molecule has 0 bridgehead atoms. The van der Waals surface area contributed by atoms with Crippen LogP contribution in [0.1, 0.15) is 12.0 Å². The van der Waals surface area contributed by atoms with E-state index < -0.39 is 0 Å². The third-order valence-corrected chi connectivity index (χ3v) is 4.24. The Labute approximate surface area is 131 Å². The zero-order valence-electron chi connectivity index (χ0n) is 12.9. The van der Waals surface area contributed by atoms with Crippen LogP contribution in [0.4, 0.5) is 0 Å². The van der Waals surface area contributed by atoms with Crippen molar-refractivity contribution in [3.63, 3.8) is 0 Å². The maximum atomic E-state index is 9.91. The molecule has 3 rings (SSSR count). The van der Waals surface area contributed by atoms with E-state index in [1.807, 2.05) is 24.3 Å². The highest BCUT2D eigenvalue weighted by molar-refractivity contribution is 5.90. The number of benzene rings is 2. The van der Waals surface area contributed by atoms with Gasteiger partial charge in [0.25, 0.3) is 0 Å². The molecule has 2 aromatic rings. The van der Waals surface area contributed by atoms with Gasteiger partial charge in [0, 0.05) is 25.0 Å². The van der Waals surface area contributed by atoms with Crippen LogP contribution in [0.2, 0.25) is 0 Å². The number of morpholine rings is 1. The van der Waals surface area contributed by atoms with Crippen LogP contribution in [-0.2, 0) is 11.3 Å². The summed E-state index contributed by atoms with van der Waals surface area (Å²) in [7, 11) is 0. The summed E-state index contributed by atoms with van der Waals surface area (Å²) in [5, 5.41) is 15.5. The number of nitrogens with zero attached hydrogens (tertiary/aromatic N) is 1. The average molecular weight is 300 g/mol. The molecule has 0 amide bonds. The number of hydrogen-bond acceptors (Lipinski definition) is 4. The van der Waals surface area contributed by atoms with Crippen LogP contribution in [-0.4, -0.2) is 49.4 Å². The fourth-order valence-corrected chi connectivity index (χ4v) is 2.98. The van der Waals surface area contributed by atoms with Crippen molar-refractivity contribution in [3.05, 3.63) is 42.0 Å². The van der Waals surface area contributed by atoms with E-state index in [4.69, 9.17) is 4.74 Å². The van der Waals surface area contributed by atoms with Gasteiger partial charge in [0.2, 0.25) is 0 Å². The SMILES string of the molecule is Oc1ccc(CNCCCN2CCOCC2)c2ccccc12. The second-order valence-electron chi connectivity index (χ2n) is 5.77. The van der Waals surface area contributed by atoms with Crippen molar-refractivity contribution < 1.29 is 9.84 Å². The number of hydrogen-bond donors (Lipinski definition) is 2. The summed E-state index contributed by atoms with van der Waals surface area (Å²) in [6, 6.07) is 11.8. The molecule has 1 aliphatic rings. The molecular weight excluding hydrogens is 276 g/mol. The van der Waals surface area contributed by atoms with Crippen LogP contribution in [0, 0.1) is 0 Å². The van der Waals surface area contributed by atoms with Crippen LogP contribution >= 0.6 is 0 Å². The first-order valence-electron chi connectivity index (χ1n) is 8.05. The van der Waals surface area contributed by atoms with Gasteiger partial charge in [0.15, 0.2) is 0 Å². The normalized spacial score (nSPS) is 16.2. The lowest BCUT2D eigenvalue weighted by molar-refractivity contribution is 0.0374. The number of nitrogens with one attached hydrogen (secondary N) is 1. The summed E-state index contributed by atoms with van der Waals surface area (Å²) in [6.07, 6.45) is 1.15. The number of rotatable bonds is 6. The molecule has 0 aliphatic carbocycles. The monoisotopic (exact) mass is 300 g/mol. The molecule has 4 heteroatoms. The molecule has 2 aromatic carbocycles. The van der Waals surface area contributed by atoms with Gasteiger partial charge in [-0.2, -0.15) is 0 Å². The Hall–Kier alpha value is -1.62. The average Bonchev–Trinajstić information content (AvgIpc) is 2.58. The fourth-order valence-electron chi connectivity index (χ4n) is 2.98. The molecule has 0 spiro atoms. The molecule has 0 aromatic heterocycles. The van der Waals surface area contributed by atoms with Crippen LogP contribution < -0.4 is 5.32 Å². The Morgan fingerprint density at radius 3 is 2.64 bits per heavy atom. The van der Waals surface area contributed by atoms with Gasteiger partial charge in [-0.15, -0.1) is 0 Å². The van der Waals surface area contributed by atoms with Crippen molar-refractivity contribution in [1.29, 1.82) is 0 Å². The van der Waals surface area contributed by atoms with E-state index in [0.29, 0.717) is 5.75 Å². The van der Waals surface area contributed by atoms with Crippen molar-refractivity contribution in [3.8, 4) is 5.75 Å². The highest BCUT2D eigenvalue weighted by Gasteiger charge is 2.09. The van der Waals surface area contributed by atoms with Gasteiger partial charge in [0.1, 0.15) is 5.75 Å². The minimum atomic E-state index is 0.353. The van der Waals surface area contributed by atoms with Crippen LogP contribution in [0.3, 0.4) is 0 Å². The smallest absolute Gasteiger partial charge is 0.123 e. The standard InChI is InChI=1S/C18H24N2O2/c21-18-7-6-15(16-4-1-2-5-17(16)18)14-19-8-3-9-20-10-12-22-13-11-20/h1-2,4-7,19,21H,3,8-14H2. The molecule has 4 nitrogen and oxygen atoms in total. The minimum Gasteiger partial charge on any atom is -0.507 e. The van der Waals surface area contributed by atoms with Crippen LogP contribution in [0.5, 0.6) is 5.75 Å². The maximum absolute atomic E-state index is 9.91. The number of phenols is 1. The summed E-state index contributed by atoms with van der Waals surface area (Å²) < 4.78 is 5.36. The van der Waals surface area contributed by atoms with Crippen molar-refractivity contribution in [2.45, 2.75) is 13.0 Å². The molecule has 118 valence electrons. The minimum absolute atomic E-state index is 0.353. The van der Waals surface area contributed by atoms with Gasteiger partial charge >= 0.3 is 0 Å². The van der Waals surface area contributed by atoms with Gasteiger partial charge in [-0.25, -0.2) is 0 Å². The maximum Gasteiger partial charge on any atom is 0.123 e. The predicted octanol–water partition coefficient (Wildman–Crippen LogP) is 2.36. The molecular formula is C18H24N2O2. The summed E-state index contributed by atoms with van der Waals surface area (Å²) in [4.78, 5) is 2.46. The quantitative estimate of drug-likeness (QED) is 0.804. The molecule has 22 heavy (non-hydrogen) atoms. The summed E-state index contributed by atoms with van der Waals surface area (Å²) in [5.41, 5.74) is 1.24. The molecule has 1 fully saturated rings. The zero-order chi connectivity index (χ0) is 15.2. The summed E-state index contributed by atoms with van der Waals surface area (Å²) >= 11 is 0. The van der Waals surface area contributed by atoms with E-state index in [2.05, 4.69) is 16.3 Å². The number of phenolic OH excluding ortho intramolecular Hbond substituents is 1. The van der Waals surface area contributed by atoms with E-state index in [0.717, 1.165) is 63.1 Å². The molecule has 1 aliphatic heterocycles. The molecule has 0 atom stereocenters. The van der Waals surface area contributed by atoms with Crippen molar-refractivity contribution in [2.75, 3.05) is 39.4 Å². The third-order valence-electron chi connectivity index (χ3n) is 4.24. The Kier molecular flexibility index (Phi) is 5.27. The first-order valence-corrected chi connectivity index (χ1v) is 8.05. The zero-order valence-corrected chi connectivity index (χ0v) is 12.9. The summed E-state index contributed by atoms with van der Waals surface area (Å²) in [5.74, 6) is 0.353. The van der Waals surface area contributed by atoms with Gasteiger partial charge in [0.05, 0.1) is 13.2 Å². The number of aromatic hydroxyl groups is 1. The van der Waals surface area contributed by atoms with Crippen LogP contribution in [0.15, 0.2) is 36.4 Å². The lowest BCUT2D eigenvalue weighted by atomic mass is 10.0. The predicted molar refractivity (Wildman–Crippen MR) is 89.2 cm³/mol. The van der Waals surface area contributed by atoms with E-state index in [-0.39, 0.29) is 0 Å². The molecule has 0 saturated carbocycles.